The number of para-hydroxylation sites is 1. The Kier molecular flexibility index (Phi) is 3.36. The molecule has 3 rings (SSSR count). The van der Waals surface area contributed by atoms with Gasteiger partial charge >= 0.3 is 5.69 Å². The van der Waals surface area contributed by atoms with Crippen LogP contribution >= 0.6 is 0 Å². The van der Waals surface area contributed by atoms with Crippen molar-refractivity contribution in [3.8, 4) is 16.9 Å². The highest BCUT2D eigenvalue weighted by atomic mass is 16.1. The molecule has 0 aliphatic heterocycles. The molecule has 6 heteroatoms. The van der Waals surface area contributed by atoms with Gasteiger partial charge in [0.05, 0.1) is 11.4 Å². The van der Waals surface area contributed by atoms with Crippen molar-refractivity contribution in [2.45, 2.75) is 19.9 Å². The first-order chi connectivity index (χ1) is 10.5. The average molecular weight is 297 g/mol. The molecule has 0 bridgehead atoms. The number of hydrogen-bond acceptors (Lipinski definition) is 3. The molecule has 0 aliphatic carbocycles. The molecule has 0 saturated heterocycles. The van der Waals surface area contributed by atoms with Gasteiger partial charge in [0, 0.05) is 37.1 Å². The molecule has 0 spiro atoms. The maximum Gasteiger partial charge on any atom is 0.332 e. The van der Waals surface area contributed by atoms with Crippen LogP contribution in [0.15, 0.2) is 47.5 Å². The lowest BCUT2D eigenvalue weighted by Gasteiger charge is -2.08. The molecule has 22 heavy (non-hydrogen) atoms. The van der Waals surface area contributed by atoms with Gasteiger partial charge in [-0.2, -0.15) is 5.10 Å². The zero-order valence-electron chi connectivity index (χ0n) is 12.9. The van der Waals surface area contributed by atoms with Gasteiger partial charge in [-0.15, -0.1) is 0 Å². The molecule has 114 valence electrons. The Morgan fingerprint density at radius 3 is 2.50 bits per heavy atom. The van der Waals surface area contributed by atoms with Crippen molar-refractivity contribution < 1.29 is 0 Å². The molecule has 0 radical (unpaired) electrons. The summed E-state index contributed by atoms with van der Waals surface area (Å²) < 4.78 is 4.96. The molecule has 2 heterocycles. The summed E-state index contributed by atoms with van der Waals surface area (Å²) in [6, 6.07) is 9.61. The predicted octanol–water partition coefficient (Wildman–Crippen LogP) is 2.20. The fraction of sp³-hybridized carbons (Fsp3) is 0.250. The SMILES string of the molecule is CC(C)n1ccn(-c2ccccc2-c2cc(N)n(C)n2)c1=O. The van der Waals surface area contributed by atoms with Gasteiger partial charge in [-0.25, -0.2) is 4.79 Å². The summed E-state index contributed by atoms with van der Waals surface area (Å²) in [5.41, 5.74) is 8.22. The van der Waals surface area contributed by atoms with Crippen LogP contribution in [-0.2, 0) is 7.05 Å². The summed E-state index contributed by atoms with van der Waals surface area (Å²) in [4.78, 5) is 12.5. The Morgan fingerprint density at radius 2 is 1.91 bits per heavy atom. The van der Waals surface area contributed by atoms with Crippen LogP contribution in [0.1, 0.15) is 19.9 Å². The molecule has 0 saturated carbocycles. The standard InChI is InChI=1S/C16H19N5O/c1-11(2)20-8-9-21(16(20)22)14-7-5-4-6-12(14)13-10-15(17)19(3)18-13/h4-11H,17H2,1-3H3. The van der Waals surface area contributed by atoms with Crippen molar-refractivity contribution in [3.63, 3.8) is 0 Å². The summed E-state index contributed by atoms with van der Waals surface area (Å²) in [6.07, 6.45) is 3.59. The molecule has 3 aromatic rings. The van der Waals surface area contributed by atoms with Crippen LogP contribution in [-0.4, -0.2) is 18.9 Å². The van der Waals surface area contributed by atoms with Gasteiger partial charge < -0.3 is 5.73 Å². The number of aryl methyl sites for hydroxylation is 1. The van der Waals surface area contributed by atoms with E-state index >= 15 is 0 Å². The molecular formula is C16H19N5O. The van der Waals surface area contributed by atoms with Crippen molar-refractivity contribution in [1.82, 2.24) is 18.9 Å². The van der Waals surface area contributed by atoms with Crippen LogP contribution in [0.5, 0.6) is 0 Å². The van der Waals surface area contributed by atoms with Gasteiger partial charge in [0.15, 0.2) is 0 Å². The van der Waals surface area contributed by atoms with Crippen molar-refractivity contribution in [2.75, 3.05) is 5.73 Å². The zero-order valence-corrected chi connectivity index (χ0v) is 12.9. The molecule has 0 fully saturated rings. The second-order valence-corrected chi connectivity index (χ2v) is 5.55. The Labute approximate surface area is 128 Å². The van der Waals surface area contributed by atoms with Crippen LogP contribution in [0.2, 0.25) is 0 Å². The molecule has 0 amide bonds. The fourth-order valence-electron chi connectivity index (χ4n) is 2.48. The smallest absolute Gasteiger partial charge is 0.332 e. The van der Waals surface area contributed by atoms with Crippen molar-refractivity contribution in [1.29, 1.82) is 0 Å². The number of nitrogens with zero attached hydrogens (tertiary/aromatic N) is 4. The van der Waals surface area contributed by atoms with Crippen LogP contribution in [0.3, 0.4) is 0 Å². The minimum atomic E-state index is -0.0636. The molecule has 0 aliphatic rings. The largest absolute Gasteiger partial charge is 0.384 e. The second-order valence-electron chi connectivity index (χ2n) is 5.55. The quantitative estimate of drug-likeness (QED) is 0.805. The number of nitrogen functional groups attached to an aromatic ring is 1. The fourth-order valence-corrected chi connectivity index (χ4v) is 2.48. The average Bonchev–Trinajstić information content (AvgIpc) is 3.02. The summed E-state index contributed by atoms with van der Waals surface area (Å²) in [6.45, 7) is 3.97. The maximum absolute atomic E-state index is 12.5. The topological polar surface area (TPSA) is 70.8 Å². The van der Waals surface area contributed by atoms with E-state index in [0.29, 0.717) is 5.82 Å². The molecule has 0 atom stereocenters. The number of imidazole rings is 1. The van der Waals surface area contributed by atoms with E-state index in [2.05, 4.69) is 5.10 Å². The molecule has 2 N–H and O–H groups in total. The third-order valence-corrected chi connectivity index (χ3v) is 3.72. The van der Waals surface area contributed by atoms with Gasteiger partial charge in [0.1, 0.15) is 5.82 Å². The minimum Gasteiger partial charge on any atom is -0.384 e. The van der Waals surface area contributed by atoms with Gasteiger partial charge in [0.25, 0.3) is 0 Å². The number of hydrogen-bond donors (Lipinski definition) is 1. The first-order valence-corrected chi connectivity index (χ1v) is 7.18. The van der Waals surface area contributed by atoms with Crippen molar-refractivity contribution in [2.24, 2.45) is 7.05 Å². The Bertz CT molecular complexity index is 849. The third-order valence-electron chi connectivity index (χ3n) is 3.72. The Morgan fingerprint density at radius 1 is 1.18 bits per heavy atom. The number of rotatable bonds is 3. The van der Waals surface area contributed by atoms with E-state index in [4.69, 9.17) is 5.73 Å². The number of benzene rings is 1. The van der Waals surface area contributed by atoms with E-state index in [1.165, 1.54) is 0 Å². The molecule has 0 unspecified atom stereocenters. The van der Waals surface area contributed by atoms with Crippen LogP contribution in [0.4, 0.5) is 5.82 Å². The maximum atomic E-state index is 12.5. The lowest BCUT2D eigenvalue weighted by Crippen LogP contribution is -2.24. The summed E-state index contributed by atoms with van der Waals surface area (Å²) in [7, 11) is 1.79. The molecule has 6 nitrogen and oxygen atoms in total. The molecule has 1 aromatic carbocycles. The first-order valence-electron chi connectivity index (χ1n) is 7.18. The molecule has 2 aromatic heterocycles. The predicted molar refractivity (Wildman–Crippen MR) is 87.0 cm³/mol. The minimum absolute atomic E-state index is 0.0636. The van der Waals surface area contributed by atoms with E-state index in [0.717, 1.165) is 16.9 Å². The van der Waals surface area contributed by atoms with E-state index in [1.54, 1.807) is 33.3 Å². The monoisotopic (exact) mass is 297 g/mol. The van der Waals surface area contributed by atoms with Crippen LogP contribution < -0.4 is 11.4 Å². The van der Waals surface area contributed by atoms with E-state index < -0.39 is 0 Å². The zero-order chi connectivity index (χ0) is 15.9. The summed E-state index contributed by atoms with van der Waals surface area (Å²) >= 11 is 0. The third kappa shape index (κ3) is 2.22. The molecular weight excluding hydrogens is 278 g/mol. The van der Waals surface area contributed by atoms with Gasteiger partial charge in [-0.05, 0) is 19.9 Å². The Hall–Kier alpha value is -2.76. The van der Waals surface area contributed by atoms with Crippen molar-refractivity contribution in [3.05, 3.63) is 53.2 Å². The number of anilines is 1. The number of nitrogens with two attached hydrogens (primary N) is 1. The normalized spacial score (nSPS) is 11.3. The van der Waals surface area contributed by atoms with Crippen LogP contribution in [0.25, 0.3) is 16.9 Å². The highest BCUT2D eigenvalue weighted by molar-refractivity contribution is 5.71. The lowest BCUT2D eigenvalue weighted by atomic mass is 10.1. The summed E-state index contributed by atoms with van der Waals surface area (Å²) in [5, 5.41) is 4.41. The highest BCUT2D eigenvalue weighted by Crippen LogP contribution is 2.26. The number of aromatic nitrogens is 4. The summed E-state index contributed by atoms with van der Waals surface area (Å²) in [5.74, 6) is 0.580. The second kappa shape index (κ2) is 5.22. The van der Waals surface area contributed by atoms with E-state index in [-0.39, 0.29) is 11.7 Å². The van der Waals surface area contributed by atoms with Gasteiger partial charge in [-0.3, -0.25) is 13.8 Å². The first kappa shape index (κ1) is 14.2. The van der Waals surface area contributed by atoms with Gasteiger partial charge in [0.2, 0.25) is 0 Å². The highest BCUT2D eigenvalue weighted by Gasteiger charge is 2.14. The van der Waals surface area contributed by atoms with E-state index in [9.17, 15) is 4.79 Å². The van der Waals surface area contributed by atoms with Crippen LogP contribution in [0, 0.1) is 0 Å². The lowest BCUT2D eigenvalue weighted by molar-refractivity contribution is 0.574. The van der Waals surface area contributed by atoms with Gasteiger partial charge in [-0.1, -0.05) is 18.2 Å². The van der Waals surface area contributed by atoms with Crippen molar-refractivity contribution >= 4 is 5.82 Å². The Balaban J connectivity index is 2.19. The van der Waals surface area contributed by atoms with E-state index in [1.807, 2.05) is 44.2 Å².